The maximum Gasteiger partial charge on any atom is 0.329 e. The Bertz CT molecular complexity index is 2380. The number of aliphatic hydroxyl groups excluding tert-OH is 2. The van der Waals surface area contributed by atoms with E-state index in [1.54, 1.807) is 13.8 Å². The zero-order chi connectivity index (χ0) is 51.1. The maximum absolute atomic E-state index is 14.6. The molecule has 0 spiro atoms. The van der Waals surface area contributed by atoms with Crippen LogP contribution in [0.25, 0.3) is 10.9 Å². The number of carbonyl (C=O) groups excluding carboxylic acids is 4. The van der Waals surface area contributed by atoms with E-state index in [4.69, 9.17) is 23.7 Å². The standard InChI is InChI=1S/C57H78N2O12/c1-9-41-26-34(2)25-35(3)27-50(67-7)53-51(68-8)29-37(5)57(66,71-53)54(63)55(64)59-23-14-13-17-45(59)56(65)70-52(38(6)46(60)32-47(41)61)36(4)28-40-18-21-49(48(62)30-40)69-43-19-20-44-42(31-43)22-24-58(44)33-39-15-11-10-12-16-39/h10-12,15-16,19-20,22,24,26,28,31,35,37-38,40-41,45-46,48-53,60,62,66H,9,13-14,17-18,21,23,25,27,29-30,32-33H2,1-8H3/b34-26+,36-28?. The van der Waals surface area contributed by atoms with Crippen molar-refractivity contribution in [2.45, 2.75) is 173 Å². The molecule has 3 N–H and O–H groups in total. The van der Waals surface area contributed by atoms with E-state index in [1.165, 1.54) is 24.7 Å². The van der Waals surface area contributed by atoms with Crippen molar-refractivity contribution in [2.75, 3.05) is 20.8 Å². The average molecular weight is 983 g/mol. The lowest BCUT2D eigenvalue weighted by atomic mass is 9.81. The second kappa shape index (κ2) is 23.9. The van der Waals surface area contributed by atoms with Gasteiger partial charge < -0.3 is 48.5 Å². The number of ketones is 2. The number of methoxy groups -OCH3 is 2. The van der Waals surface area contributed by atoms with Crippen LogP contribution in [0, 0.1) is 29.6 Å². The molecule has 1 aromatic heterocycles. The molecule has 2 bridgehead atoms. The minimum absolute atomic E-state index is 0.0190. The molecule has 14 heteroatoms. The van der Waals surface area contributed by atoms with Gasteiger partial charge in [0.1, 0.15) is 35.9 Å². The van der Waals surface area contributed by atoms with Gasteiger partial charge in [-0.2, -0.15) is 0 Å². The molecule has 71 heavy (non-hydrogen) atoms. The SMILES string of the molecule is CCC1/C=C(\C)CC(C)CC(OC)C2OC(O)(C(=O)C(=O)N3CCCCC3C(=O)OC(C(C)=CC3CCC(Oc4ccc5c(ccn5Cc5ccccc5)c4)C(O)C3)C(C)C(O)CC1=O)C(C)CC2OC. The highest BCUT2D eigenvalue weighted by Crippen LogP contribution is 2.40. The first kappa shape index (κ1) is 54.1. The summed E-state index contributed by atoms with van der Waals surface area (Å²) >= 11 is 0. The van der Waals surface area contributed by atoms with E-state index in [0.717, 1.165) is 23.0 Å². The van der Waals surface area contributed by atoms with Gasteiger partial charge in [-0.25, -0.2) is 4.79 Å². The summed E-state index contributed by atoms with van der Waals surface area (Å²) < 4.78 is 33.1. The molecule has 14 atom stereocenters. The van der Waals surface area contributed by atoms with Gasteiger partial charge in [-0.05, 0) is 125 Å². The number of hydrogen-bond donors (Lipinski definition) is 3. The smallest absolute Gasteiger partial charge is 0.329 e. The number of aliphatic hydroxyl groups is 3. The Labute approximate surface area is 419 Å². The monoisotopic (exact) mass is 983 g/mol. The lowest BCUT2D eigenvalue weighted by molar-refractivity contribution is -0.302. The molecule has 14 unspecified atom stereocenters. The minimum atomic E-state index is -2.52. The van der Waals surface area contributed by atoms with Crippen molar-refractivity contribution in [3.05, 3.63) is 89.7 Å². The summed E-state index contributed by atoms with van der Waals surface area (Å²) in [6.45, 7) is 12.0. The number of allylic oxidation sites excluding steroid dienone is 3. The van der Waals surface area contributed by atoms with Crippen molar-refractivity contribution in [1.82, 2.24) is 9.47 Å². The predicted molar refractivity (Wildman–Crippen MR) is 269 cm³/mol. The fourth-order valence-electron chi connectivity index (χ4n) is 11.6. The molecule has 1 amide bonds. The van der Waals surface area contributed by atoms with E-state index in [2.05, 4.69) is 35.9 Å². The number of nitrogens with zero attached hydrogens (tertiary/aromatic N) is 2. The van der Waals surface area contributed by atoms with Gasteiger partial charge in [0.2, 0.25) is 5.79 Å². The second-order valence-electron chi connectivity index (χ2n) is 21.2. The number of hydrogen-bond acceptors (Lipinski definition) is 12. The number of carbonyl (C=O) groups is 4. The largest absolute Gasteiger partial charge is 0.488 e. The average Bonchev–Trinajstić information content (AvgIpc) is 3.75. The number of Topliss-reactive ketones (excluding diaryl/α,β-unsaturated/α-hetero) is 2. The lowest BCUT2D eigenvalue weighted by Gasteiger charge is -2.47. The molecule has 14 nitrogen and oxygen atoms in total. The summed E-state index contributed by atoms with van der Waals surface area (Å²) in [5, 5.41) is 36.6. The Morgan fingerprint density at radius 3 is 2.31 bits per heavy atom. The van der Waals surface area contributed by atoms with E-state index in [-0.39, 0.29) is 43.4 Å². The second-order valence-corrected chi connectivity index (χ2v) is 21.2. The number of rotatable bonds is 9. The molecule has 2 saturated heterocycles. The van der Waals surface area contributed by atoms with Gasteiger partial charge in [0.15, 0.2) is 0 Å². The molecule has 4 aliphatic rings. The third-order valence-corrected chi connectivity index (χ3v) is 15.8. The van der Waals surface area contributed by atoms with Crippen molar-refractivity contribution in [1.29, 1.82) is 0 Å². The van der Waals surface area contributed by atoms with Crippen molar-refractivity contribution >= 4 is 34.3 Å². The van der Waals surface area contributed by atoms with Crippen LogP contribution in [-0.2, 0) is 44.7 Å². The summed E-state index contributed by atoms with van der Waals surface area (Å²) in [5.74, 6) is -7.13. The number of piperidine rings is 1. The Morgan fingerprint density at radius 2 is 1.61 bits per heavy atom. The number of ether oxygens (including phenoxy) is 5. The van der Waals surface area contributed by atoms with E-state index in [0.29, 0.717) is 62.7 Å². The van der Waals surface area contributed by atoms with E-state index in [9.17, 15) is 34.5 Å². The first-order valence-electron chi connectivity index (χ1n) is 26.0. The fourth-order valence-corrected chi connectivity index (χ4v) is 11.6. The van der Waals surface area contributed by atoms with Gasteiger partial charge >= 0.3 is 5.97 Å². The summed E-state index contributed by atoms with van der Waals surface area (Å²) in [5.41, 5.74) is 3.91. The van der Waals surface area contributed by atoms with E-state index in [1.807, 2.05) is 69.3 Å². The van der Waals surface area contributed by atoms with Crippen LogP contribution in [0.2, 0.25) is 0 Å². The van der Waals surface area contributed by atoms with E-state index < -0.39 is 90.0 Å². The molecule has 0 radical (unpaired) electrons. The first-order chi connectivity index (χ1) is 33.9. The highest BCUT2D eigenvalue weighted by molar-refractivity contribution is 6.39. The third-order valence-electron chi connectivity index (χ3n) is 15.8. The number of aromatic nitrogens is 1. The first-order valence-corrected chi connectivity index (χ1v) is 26.0. The summed E-state index contributed by atoms with van der Waals surface area (Å²) in [6, 6.07) is 17.2. The molecule has 3 aliphatic heterocycles. The third kappa shape index (κ3) is 12.6. The van der Waals surface area contributed by atoms with Crippen molar-refractivity contribution < 1.29 is 58.2 Å². The van der Waals surface area contributed by atoms with Crippen LogP contribution in [0.5, 0.6) is 5.75 Å². The Hall–Kier alpha value is -4.70. The van der Waals surface area contributed by atoms with Crippen molar-refractivity contribution in [2.24, 2.45) is 29.6 Å². The topological polar surface area (TPSA) is 183 Å². The van der Waals surface area contributed by atoms with Gasteiger partial charge in [-0.15, -0.1) is 0 Å². The Kier molecular flexibility index (Phi) is 18.2. The van der Waals surface area contributed by atoms with Crippen LogP contribution in [0.4, 0.5) is 0 Å². The zero-order valence-electron chi connectivity index (χ0n) is 43.0. The van der Waals surface area contributed by atoms with Crippen molar-refractivity contribution in [3.63, 3.8) is 0 Å². The molecule has 1 saturated carbocycles. The maximum atomic E-state index is 14.6. The highest BCUT2D eigenvalue weighted by Gasteiger charge is 2.56. The Morgan fingerprint density at radius 1 is 0.873 bits per heavy atom. The molecular weight excluding hydrogens is 905 g/mol. The van der Waals surface area contributed by atoms with Gasteiger partial charge in [0.25, 0.3) is 11.7 Å². The fraction of sp³-hybridized carbons (Fsp3) is 0.614. The van der Waals surface area contributed by atoms with Gasteiger partial charge in [0, 0.05) is 68.6 Å². The molecule has 3 aromatic rings. The normalized spacial score (nSPS) is 35.3. The lowest BCUT2D eigenvalue weighted by Crippen LogP contribution is -2.64. The quantitative estimate of drug-likeness (QED) is 0.107. The summed E-state index contributed by atoms with van der Waals surface area (Å²) in [4.78, 5) is 58.6. The van der Waals surface area contributed by atoms with Gasteiger partial charge in [-0.1, -0.05) is 75.8 Å². The zero-order valence-corrected chi connectivity index (χ0v) is 43.0. The van der Waals surface area contributed by atoms with Crippen LogP contribution in [-0.4, -0.2) is 124 Å². The summed E-state index contributed by atoms with van der Waals surface area (Å²) in [7, 11) is 3.07. The molecule has 4 heterocycles. The van der Waals surface area contributed by atoms with Crippen LogP contribution >= 0.6 is 0 Å². The molecule has 2 aromatic carbocycles. The van der Waals surface area contributed by atoms with Crippen LogP contribution in [0.1, 0.15) is 118 Å². The molecule has 7 rings (SSSR count). The number of benzene rings is 2. The molecule has 3 fully saturated rings. The Balaban J connectivity index is 1.13. The number of esters is 1. The molecule has 1 aliphatic carbocycles. The molecule has 388 valence electrons. The minimum Gasteiger partial charge on any atom is -0.488 e. The predicted octanol–water partition coefficient (Wildman–Crippen LogP) is 7.91. The number of cyclic esters (lactones) is 1. The highest BCUT2D eigenvalue weighted by atomic mass is 16.7. The van der Waals surface area contributed by atoms with Gasteiger partial charge in [-0.3, -0.25) is 14.4 Å². The van der Waals surface area contributed by atoms with Crippen LogP contribution in [0.15, 0.2) is 84.1 Å². The van der Waals surface area contributed by atoms with Crippen LogP contribution in [0.3, 0.4) is 0 Å². The van der Waals surface area contributed by atoms with Crippen LogP contribution < -0.4 is 4.74 Å². The van der Waals surface area contributed by atoms with Gasteiger partial charge in [0.05, 0.1) is 24.4 Å². The molecular formula is C57H78N2O12. The van der Waals surface area contributed by atoms with Crippen molar-refractivity contribution in [3.8, 4) is 5.75 Å². The summed E-state index contributed by atoms with van der Waals surface area (Å²) in [6.07, 6.45) is 5.02. The number of fused-ring (bicyclic) bond motifs is 4. The number of amides is 1. The van der Waals surface area contributed by atoms with E-state index >= 15 is 0 Å².